The average molecular weight is 541 g/mol. The first-order valence-electron chi connectivity index (χ1n) is 13.2. The van der Waals surface area contributed by atoms with Crippen LogP contribution in [0, 0.1) is 0 Å². The maximum Gasteiger partial charge on any atom is 0.492 e. The third-order valence-corrected chi connectivity index (χ3v) is 7.94. The zero-order valence-corrected chi connectivity index (χ0v) is 22.9. The zero-order chi connectivity index (χ0) is 28.7. The first-order valence-corrected chi connectivity index (χ1v) is 13.2. The smallest absolute Gasteiger partial charge is 0.492 e. The van der Waals surface area contributed by atoms with Crippen LogP contribution in [0.3, 0.4) is 0 Å². The highest BCUT2D eigenvalue weighted by molar-refractivity contribution is 6.56. The summed E-state index contributed by atoms with van der Waals surface area (Å²) >= 11 is 0. The van der Waals surface area contributed by atoms with Gasteiger partial charge in [0.05, 0.1) is 11.2 Å². The first-order chi connectivity index (χ1) is 19.0. The van der Waals surface area contributed by atoms with E-state index in [1.54, 1.807) is 12.1 Å². The molecule has 1 aliphatic heterocycles. The van der Waals surface area contributed by atoms with Crippen molar-refractivity contribution in [1.82, 2.24) is 5.32 Å². The normalized spacial score (nSPS) is 17.3. The molecular weight excluding hydrogens is 509 g/mol. The molecule has 0 aromatic heterocycles. The van der Waals surface area contributed by atoms with Crippen LogP contribution in [0.4, 0.5) is 4.79 Å². The predicted molar refractivity (Wildman–Crippen MR) is 152 cm³/mol. The number of benzene rings is 3. The van der Waals surface area contributed by atoms with Crippen LogP contribution in [0.5, 0.6) is 5.75 Å². The van der Waals surface area contributed by atoms with Gasteiger partial charge in [-0.1, -0.05) is 60.7 Å². The van der Waals surface area contributed by atoms with Crippen molar-refractivity contribution in [2.75, 3.05) is 13.2 Å². The van der Waals surface area contributed by atoms with Crippen molar-refractivity contribution in [3.63, 3.8) is 0 Å². The molecular formula is C31H32BNO7. The monoisotopic (exact) mass is 541 g/mol. The number of carbonyl (C=O) groups is 2. The number of carboxylic acids is 1. The SMILES string of the molecule is CC1(C)OB(C(=Cc2ccc(O)c(C(=O)O)c2)CNC(=O)OCC2c3ccccc3-c3ccccc32)OC1(C)C. The maximum atomic E-state index is 12.9. The molecule has 1 aliphatic carbocycles. The minimum Gasteiger partial charge on any atom is -0.507 e. The molecule has 3 aromatic carbocycles. The number of aromatic carboxylic acids is 1. The second kappa shape index (κ2) is 10.5. The zero-order valence-electron chi connectivity index (χ0n) is 22.9. The number of ether oxygens (including phenoxy) is 1. The lowest BCUT2D eigenvalue weighted by molar-refractivity contribution is 0.00578. The fourth-order valence-corrected chi connectivity index (χ4v) is 5.05. The largest absolute Gasteiger partial charge is 0.507 e. The van der Waals surface area contributed by atoms with Crippen molar-refractivity contribution >= 4 is 25.3 Å². The number of aromatic hydroxyl groups is 1. The van der Waals surface area contributed by atoms with Gasteiger partial charge in [-0.2, -0.15) is 0 Å². The fourth-order valence-electron chi connectivity index (χ4n) is 5.05. The molecule has 0 unspecified atom stereocenters. The van der Waals surface area contributed by atoms with Crippen LogP contribution in [-0.4, -0.2) is 53.7 Å². The lowest BCUT2D eigenvalue weighted by Crippen LogP contribution is -2.41. The summed E-state index contributed by atoms with van der Waals surface area (Å²) in [5.74, 6) is -1.65. The van der Waals surface area contributed by atoms with Gasteiger partial charge in [0.2, 0.25) is 0 Å². The molecule has 2 aliphatic rings. The average Bonchev–Trinajstić information content (AvgIpc) is 3.35. The van der Waals surface area contributed by atoms with Crippen LogP contribution in [0.15, 0.2) is 72.2 Å². The van der Waals surface area contributed by atoms with E-state index in [1.165, 1.54) is 12.1 Å². The van der Waals surface area contributed by atoms with Gasteiger partial charge in [-0.15, -0.1) is 0 Å². The Morgan fingerprint density at radius 2 is 1.52 bits per heavy atom. The van der Waals surface area contributed by atoms with E-state index in [4.69, 9.17) is 14.0 Å². The van der Waals surface area contributed by atoms with Crippen molar-refractivity contribution in [3.05, 3.63) is 94.5 Å². The van der Waals surface area contributed by atoms with Crippen LogP contribution >= 0.6 is 0 Å². The van der Waals surface area contributed by atoms with Gasteiger partial charge in [0.15, 0.2) is 0 Å². The Bertz CT molecular complexity index is 1440. The Morgan fingerprint density at radius 3 is 2.10 bits per heavy atom. The number of nitrogens with one attached hydrogen (secondary N) is 1. The number of hydrogen-bond donors (Lipinski definition) is 3. The van der Waals surface area contributed by atoms with Crippen molar-refractivity contribution in [1.29, 1.82) is 0 Å². The van der Waals surface area contributed by atoms with Gasteiger partial charge in [0.25, 0.3) is 0 Å². The number of carboxylic acid groups (broad SMARTS) is 1. The highest BCUT2D eigenvalue weighted by atomic mass is 16.7. The minimum absolute atomic E-state index is 0.0385. The molecule has 1 saturated heterocycles. The Kier molecular flexibility index (Phi) is 7.20. The van der Waals surface area contributed by atoms with Crippen molar-refractivity contribution in [3.8, 4) is 16.9 Å². The van der Waals surface area contributed by atoms with E-state index in [0.717, 1.165) is 22.3 Å². The van der Waals surface area contributed by atoms with Crippen molar-refractivity contribution in [2.24, 2.45) is 0 Å². The molecule has 1 heterocycles. The second-order valence-electron chi connectivity index (χ2n) is 11.1. The lowest BCUT2D eigenvalue weighted by atomic mass is 9.77. The first kappa shape index (κ1) is 27.5. The fraction of sp³-hybridized carbons (Fsp3) is 0.290. The highest BCUT2D eigenvalue weighted by Crippen LogP contribution is 2.44. The van der Waals surface area contributed by atoms with Gasteiger partial charge < -0.3 is 29.6 Å². The van der Waals surface area contributed by atoms with Crippen LogP contribution in [0.2, 0.25) is 0 Å². The van der Waals surface area contributed by atoms with Gasteiger partial charge in [-0.05, 0) is 73.1 Å². The highest BCUT2D eigenvalue weighted by Gasteiger charge is 2.52. The van der Waals surface area contributed by atoms with E-state index < -0.39 is 30.4 Å². The quantitative estimate of drug-likeness (QED) is 0.332. The molecule has 3 aromatic rings. The molecule has 1 amide bonds. The molecule has 3 N–H and O–H groups in total. The number of alkyl carbamates (subject to hydrolysis) is 1. The summed E-state index contributed by atoms with van der Waals surface area (Å²) in [5.41, 5.74) is 4.13. The van der Waals surface area contributed by atoms with Crippen molar-refractivity contribution in [2.45, 2.75) is 44.8 Å². The molecule has 1 fully saturated rings. The number of carbonyl (C=O) groups excluding carboxylic acids is 1. The molecule has 8 nitrogen and oxygen atoms in total. The lowest BCUT2D eigenvalue weighted by Gasteiger charge is -2.32. The van der Waals surface area contributed by atoms with Crippen LogP contribution in [0.25, 0.3) is 17.2 Å². The third-order valence-electron chi connectivity index (χ3n) is 7.94. The van der Waals surface area contributed by atoms with Gasteiger partial charge in [0.1, 0.15) is 17.9 Å². The van der Waals surface area contributed by atoms with E-state index >= 15 is 0 Å². The molecule has 40 heavy (non-hydrogen) atoms. The van der Waals surface area contributed by atoms with Crippen LogP contribution < -0.4 is 5.32 Å². The van der Waals surface area contributed by atoms with E-state index in [-0.39, 0.29) is 30.4 Å². The standard InChI is InChI=1S/C31H32BNO7/c1-30(2)31(3,4)40-32(39-30)20(15-19-13-14-27(34)25(16-19)28(35)36)17-33-29(37)38-18-26-23-11-7-5-9-21(23)22-10-6-8-12-24(22)26/h5-16,26,34H,17-18H2,1-4H3,(H,33,37)(H,35,36). The van der Waals surface area contributed by atoms with Crippen LogP contribution in [-0.2, 0) is 14.0 Å². The van der Waals surface area contributed by atoms with Crippen LogP contribution in [0.1, 0.15) is 60.7 Å². The number of hydrogen-bond acceptors (Lipinski definition) is 6. The van der Waals surface area contributed by atoms with E-state index in [2.05, 4.69) is 29.6 Å². The summed E-state index contributed by atoms with van der Waals surface area (Å²) in [7, 11) is -0.791. The van der Waals surface area contributed by atoms with Gasteiger partial charge >= 0.3 is 19.2 Å². The molecule has 0 spiro atoms. The number of fused-ring (bicyclic) bond motifs is 3. The Labute approximate surface area is 233 Å². The number of phenols is 1. The molecule has 206 valence electrons. The maximum absolute atomic E-state index is 12.9. The minimum atomic E-state index is -1.25. The summed E-state index contributed by atoms with van der Waals surface area (Å²) < 4.78 is 18.1. The number of amides is 1. The van der Waals surface area contributed by atoms with Gasteiger partial charge in [-0.3, -0.25) is 0 Å². The molecule has 0 bridgehead atoms. The molecule has 0 saturated carbocycles. The summed E-state index contributed by atoms with van der Waals surface area (Å²) in [6.45, 7) is 7.91. The molecule has 0 radical (unpaired) electrons. The second-order valence-corrected chi connectivity index (χ2v) is 11.1. The van der Waals surface area contributed by atoms with Crippen molar-refractivity contribution < 1.29 is 33.8 Å². The van der Waals surface area contributed by atoms with E-state index in [0.29, 0.717) is 11.0 Å². The number of rotatable bonds is 7. The van der Waals surface area contributed by atoms with Gasteiger partial charge in [0, 0.05) is 12.5 Å². The predicted octanol–water partition coefficient (Wildman–Crippen LogP) is 5.64. The summed E-state index contributed by atoms with van der Waals surface area (Å²) in [4.78, 5) is 24.4. The van der Waals surface area contributed by atoms with E-state index in [1.807, 2.05) is 52.0 Å². The van der Waals surface area contributed by atoms with E-state index in [9.17, 15) is 19.8 Å². The Morgan fingerprint density at radius 1 is 0.950 bits per heavy atom. The Hall–Kier alpha value is -4.08. The summed E-state index contributed by atoms with van der Waals surface area (Å²) in [6.07, 6.45) is 1.10. The van der Waals surface area contributed by atoms with Gasteiger partial charge in [-0.25, -0.2) is 9.59 Å². The summed E-state index contributed by atoms with van der Waals surface area (Å²) in [5, 5.41) is 22.1. The topological polar surface area (TPSA) is 114 Å². The molecule has 0 atom stereocenters. The Balaban J connectivity index is 1.33. The third kappa shape index (κ3) is 5.22. The summed E-state index contributed by atoms with van der Waals surface area (Å²) in [6, 6.07) is 20.5. The molecule has 5 rings (SSSR count). The molecule has 9 heteroatoms.